The molecule has 2 N–H and O–H groups in total. The van der Waals surface area contributed by atoms with Crippen molar-refractivity contribution in [1.29, 1.82) is 0 Å². The molecule has 0 fully saturated rings. The summed E-state index contributed by atoms with van der Waals surface area (Å²) in [5.74, 6) is 0. The number of hydrogen-bond donors (Lipinski definition) is 2. The summed E-state index contributed by atoms with van der Waals surface area (Å²) < 4.78 is 84.9. The first-order valence-electron chi connectivity index (χ1n) is 9.84. The predicted octanol–water partition coefficient (Wildman–Crippen LogP) is 1.32. The Balaban J connectivity index is 2.63. The summed E-state index contributed by atoms with van der Waals surface area (Å²) in [7, 11) is -1.54. The lowest BCUT2D eigenvalue weighted by molar-refractivity contribution is 0.414. The zero-order valence-corrected chi connectivity index (χ0v) is 12.0. The number of hydrogen-bond acceptors (Lipinski definition) is 3. The average molecular weight is 303 g/mol. The van der Waals surface area contributed by atoms with Crippen LogP contribution >= 0.6 is 0 Å². The fourth-order valence-corrected chi connectivity index (χ4v) is 2.29. The van der Waals surface area contributed by atoms with E-state index in [1.54, 1.807) is 0 Å². The van der Waals surface area contributed by atoms with E-state index < -0.39 is 27.4 Å². The monoisotopic (exact) mass is 303 g/mol. The van der Waals surface area contributed by atoms with Gasteiger partial charge in [-0.25, -0.2) is 13.1 Å². The van der Waals surface area contributed by atoms with E-state index in [1.165, 1.54) is 12.1 Å². The highest BCUT2D eigenvalue weighted by molar-refractivity contribution is 7.88. The molecule has 1 aromatic carbocycles. The SMILES string of the molecule is [2H]c1c(CCN(C)C)c2cc(C([2H])([2H])S(=O)(=O)N([2H])C([2H])([2H])[2H])ccc2n1[2H]. The zero-order valence-electron chi connectivity index (χ0n) is 19.2. The van der Waals surface area contributed by atoms with Crippen molar-refractivity contribution >= 4 is 20.9 Å². The summed E-state index contributed by atoms with van der Waals surface area (Å²) >= 11 is 0. The summed E-state index contributed by atoms with van der Waals surface area (Å²) in [6, 6.07) is 3.63. The fourth-order valence-electron chi connectivity index (χ4n) is 1.82. The molecule has 0 spiro atoms. The lowest BCUT2D eigenvalue weighted by atomic mass is 10.1. The molecule has 110 valence electrons. The number of fused-ring (bicyclic) bond motifs is 1. The molecule has 1 aromatic heterocycles. The molecule has 0 saturated heterocycles. The first kappa shape index (κ1) is 7.59. The Kier molecular flexibility index (Phi) is 2.26. The van der Waals surface area contributed by atoms with E-state index in [9.17, 15) is 8.42 Å². The normalized spacial score (nSPS) is 19.8. The van der Waals surface area contributed by atoms with Gasteiger partial charge in [0.05, 0.1) is 7.08 Å². The summed E-state index contributed by atoms with van der Waals surface area (Å²) in [5, 5.41) is 0.337. The second-order valence-electron chi connectivity index (χ2n) is 4.66. The van der Waals surface area contributed by atoms with Gasteiger partial charge in [0.2, 0.25) is 10.0 Å². The van der Waals surface area contributed by atoms with Gasteiger partial charge in [0.25, 0.3) is 0 Å². The minimum atomic E-state index is -5.20. The van der Waals surface area contributed by atoms with E-state index in [0.717, 1.165) is 11.0 Å². The van der Waals surface area contributed by atoms with Crippen LogP contribution in [0, 0.1) is 0 Å². The Morgan fingerprint density at radius 2 is 2.40 bits per heavy atom. The summed E-state index contributed by atoms with van der Waals surface area (Å²) in [6.07, 6.45) is 0.287. The van der Waals surface area contributed by atoms with E-state index in [0.29, 0.717) is 29.4 Å². The minimum absolute atomic E-state index is 0.0953. The van der Waals surface area contributed by atoms with Crippen LogP contribution in [0.1, 0.15) is 19.4 Å². The van der Waals surface area contributed by atoms with Gasteiger partial charge in [-0.1, -0.05) is 6.07 Å². The Bertz CT molecular complexity index is 985. The van der Waals surface area contributed by atoms with Gasteiger partial charge in [-0.05, 0) is 50.8 Å². The van der Waals surface area contributed by atoms with Crippen LogP contribution < -0.4 is 4.72 Å². The number of rotatable bonds is 6. The Morgan fingerprint density at radius 1 is 1.60 bits per heavy atom. The average Bonchev–Trinajstić information content (AvgIpc) is 2.81. The van der Waals surface area contributed by atoms with Gasteiger partial charge < -0.3 is 9.88 Å². The first-order valence-corrected chi connectivity index (χ1v) is 7.38. The van der Waals surface area contributed by atoms with Gasteiger partial charge in [0, 0.05) is 30.5 Å². The molecule has 0 aliphatic rings. The van der Waals surface area contributed by atoms with Crippen LogP contribution in [-0.2, 0) is 22.1 Å². The number of nitrogens with one attached hydrogen (secondary N) is 2. The molecule has 1 heterocycles. The smallest absolute Gasteiger partial charge is 0.215 e. The molecule has 0 aliphatic carbocycles. The summed E-state index contributed by atoms with van der Waals surface area (Å²) in [5.41, 5.74) is -2.82. The molecule has 0 radical (unpaired) electrons. The van der Waals surface area contributed by atoms with Crippen LogP contribution in [0.25, 0.3) is 10.9 Å². The summed E-state index contributed by atoms with van der Waals surface area (Å²) in [6.45, 7) is -2.80. The standard InChI is InChI=1S/C14H21N3O2S/c1-15-20(18,19)10-11-4-5-14-13(8-11)12(9-16-14)6-7-17(2)3/h4-5,8-9,15-16H,6-7,10H2,1-3H3/i1D3,9D,10D2/hD2. The van der Waals surface area contributed by atoms with Crippen molar-refractivity contribution in [3.8, 4) is 0 Å². The van der Waals surface area contributed by atoms with Crippen molar-refractivity contribution in [2.75, 3.05) is 27.6 Å². The molecule has 5 nitrogen and oxygen atoms in total. The van der Waals surface area contributed by atoms with Gasteiger partial charge in [0.1, 0.15) is 1.41 Å². The van der Waals surface area contributed by atoms with Crippen molar-refractivity contribution in [3.05, 3.63) is 35.5 Å². The Labute approximate surface area is 131 Å². The Morgan fingerprint density at radius 3 is 3.10 bits per heavy atom. The number of H-pyrrole nitrogens is 1. The molecule has 0 bridgehead atoms. The number of nitrogens with zero attached hydrogens (tertiary/aromatic N) is 1. The highest BCUT2D eigenvalue weighted by Gasteiger charge is 2.11. The second-order valence-corrected chi connectivity index (χ2v) is 5.99. The van der Waals surface area contributed by atoms with Crippen LogP contribution in [0.5, 0.6) is 0 Å². The number of likely N-dealkylation sites (N-methyl/N-ethyl adjacent to an activating group) is 1. The maximum Gasteiger partial charge on any atom is 0.215 e. The minimum Gasteiger partial charge on any atom is -0.361 e. The highest BCUT2D eigenvalue weighted by Crippen LogP contribution is 2.21. The van der Waals surface area contributed by atoms with Crippen molar-refractivity contribution in [1.82, 2.24) is 14.6 Å². The lowest BCUT2D eigenvalue weighted by Crippen LogP contribution is -2.20. The number of sulfonamides is 1. The van der Waals surface area contributed by atoms with Crippen LogP contribution in [-0.4, -0.2) is 45.9 Å². The van der Waals surface area contributed by atoms with Gasteiger partial charge in [0.15, 0.2) is 1.41 Å². The maximum atomic E-state index is 12.4. The van der Waals surface area contributed by atoms with Gasteiger partial charge in [-0.2, -0.15) is 0 Å². The largest absolute Gasteiger partial charge is 0.361 e. The fraction of sp³-hybridized carbons (Fsp3) is 0.429. The number of aromatic amines is 1. The molecule has 0 saturated carbocycles. The van der Waals surface area contributed by atoms with Crippen molar-refractivity contribution in [2.45, 2.75) is 12.1 Å². The van der Waals surface area contributed by atoms with Crippen LogP contribution in [0.3, 0.4) is 0 Å². The summed E-state index contributed by atoms with van der Waals surface area (Å²) in [4.78, 5) is 2.74. The third-order valence-corrected chi connectivity index (χ3v) is 3.54. The van der Waals surface area contributed by atoms with Crippen molar-refractivity contribution in [2.24, 2.45) is 0 Å². The molecule has 0 amide bonds. The molecular formula is C14H21N3O2S. The highest BCUT2D eigenvalue weighted by atomic mass is 32.2. The van der Waals surface area contributed by atoms with Crippen LogP contribution in [0.2, 0.25) is 2.82 Å². The van der Waals surface area contributed by atoms with E-state index in [1.807, 2.05) is 19.0 Å². The molecule has 6 heteroatoms. The van der Waals surface area contributed by atoms with E-state index in [2.05, 4.69) is 0 Å². The van der Waals surface area contributed by atoms with Crippen LogP contribution in [0.4, 0.5) is 0 Å². The molecule has 20 heavy (non-hydrogen) atoms. The molecule has 2 aromatic rings. The zero-order chi connectivity index (χ0) is 21.7. The molecular weight excluding hydrogens is 274 g/mol. The van der Waals surface area contributed by atoms with E-state index in [-0.39, 0.29) is 11.7 Å². The third-order valence-electron chi connectivity index (χ3n) is 2.81. The molecule has 0 aliphatic heterocycles. The van der Waals surface area contributed by atoms with Gasteiger partial charge in [-0.15, -0.1) is 0 Å². The van der Waals surface area contributed by atoms with Gasteiger partial charge in [-0.3, -0.25) is 0 Å². The van der Waals surface area contributed by atoms with E-state index >= 15 is 0 Å². The third kappa shape index (κ3) is 3.59. The first-order chi connectivity index (χ1) is 12.6. The van der Waals surface area contributed by atoms with Crippen LogP contribution in [0.15, 0.2) is 24.4 Å². The second kappa shape index (κ2) is 5.95. The molecule has 0 atom stereocenters. The number of benzene rings is 1. The quantitative estimate of drug-likeness (QED) is 0.846. The van der Waals surface area contributed by atoms with Gasteiger partial charge >= 0.3 is 0 Å². The van der Waals surface area contributed by atoms with E-state index in [4.69, 9.17) is 11.0 Å². The topological polar surface area (TPSA) is 65.2 Å². The lowest BCUT2D eigenvalue weighted by Gasteiger charge is -2.08. The maximum absolute atomic E-state index is 12.4. The van der Waals surface area contributed by atoms with Crippen molar-refractivity contribution in [3.63, 3.8) is 0 Å². The molecule has 2 rings (SSSR count). The van der Waals surface area contributed by atoms with Crippen molar-refractivity contribution < 1.29 is 19.5 Å². The molecule has 0 unspecified atom stereocenters. The predicted molar refractivity (Wildman–Crippen MR) is 82.2 cm³/mol. The Hall–Kier alpha value is -1.37. The number of aromatic nitrogens is 1.